The van der Waals surface area contributed by atoms with E-state index in [-0.39, 0.29) is 51.5 Å². The molecule has 10 nitrogen and oxygen atoms in total. The zero-order valence-electron chi connectivity index (χ0n) is 19.0. The number of ether oxygens (including phenoxy) is 3. The van der Waals surface area contributed by atoms with Gasteiger partial charge in [-0.1, -0.05) is 6.07 Å². The standard InChI is InChI=1S/C23H29N3O7/c1-4-30-22(28)11-24-23(29)26(16(2)3)14-21(27)25(13-18-6-5-9-31-18)12-17-7-8-19-20(10-17)33-15-32-19/h5-10,16H,4,11-15H2,1-3H3,(H,24,29). The number of nitrogens with one attached hydrogen (secondary N) is 1. The number of esters is 1. The maximum atomic E-state index is 13.3. The third-order valence-corrected chi connectivity index (χ3v) is 4.97. The Hall–Kier alpha value is -3.69. The number of rotatable bonds is 10. The van der Waals surface area contributed by atoms with Crippen LogP contribution < -0.4 is 14.8 Å². The van der Waals surface area contributed by atoms with Gasteiger partial charge in [0.05, 0.1) is 19.4 Å². The molecule has 3 rings (SSSR count). The Bertz CT molecular complexity index is 959. The van der Waals surface area contributed by atoms with Crippen molar-refractivity contribution in [1.29, 1.82) is 0 Å². The normalized spacial score (nSPS) is 11.9. The lowest BCUT2D eigenvalue weighted by Gasteiger charge is -2.30. The van der Waals surface area contributed by atoms with Crippen LogP contribution >= 0.6 is 0 Å². The van der Waals surface area contributed by atoms with Gasteiger partial charge in [-0.2, -0.15) is 0 Å². The zero-order chi connectivity index (χ0) is 23.8. The predicted molar refractivity (Wildman–Crippen MR) is 117 cm³/mol. The van der Waals surface area contributed by atoms with Gasteiger partial charge in [0.2, 0.25) is 12.7 Å². The van der Waals surface area contributed by atoms with Crippen LogP contribution in [0.15, 0.2) is 41.0 Å². The summed E-state index contributed by atoms with van der Waals surface area (Å²) in [6.45, 7) is 5.75. The smallest absolute Gasteiger partial charge is 0.325 e. The molecule has 0 saturated heterocycles. The van der Waals surface area contributed by atoms with Crippen molar-refractivity contribution in [1.82, 2.24) is 15.1 Å². The second-order valence-corrected chi connectivity index (χ2v) is 7.70. The molecule has 3 amide bonds. The lowest BCUT2D eigenvalue weighted by molar-refractivity contribution is -0.141. The highest BCUT2D eigenvalue weighted by atomic mass is 16.7. The van der Waals surface area contributed by atoms with Gasteiger partial charge < -0.3 is 33.7 Å². The first-order chi connectivity index (χ1) is 15.9. The van der Waals surface area contributed by atoms with E-state index >= 15 is 0 Å². The molecule has 10 heteroatoms. The minimum atomic E-state index is -0.539. The third-order valence-electron chi connectivity index (χ3n) is 4.97. The SMILES string of the molecule is CCOC(=O)CNC(=O)N(CC(=O)N(Cc1ccc2c(c1)OCO2)Cc1ccco1)C(C)C. The number of nitrogens with zero attached hydrogens (tertiary/aromatic N) is 2. The Morgan fingerprint density at radius 2 is 1.91 bits per heavy atom. The molecule has 1 aromatic heterocycles. The fourth-order valence-electron chi connectivity index (χ4n) is 3.28. The Balaban J connectivity index is 1.70. The van der Waals surface area contributed by atoms with Gasteiger partial charge in [-0.05, 0) is 50.6 Å². The maximum absolute atomic E-state index is 13.3. The first-order valence-corrected chi connectivity index (χ1v) is 10.8. The van der Waals surface area contributed by atoms with Gasteiger partial charge in [-0.25, -0.2) is 4.79 Å². The highest BCUT2D eigenvalue weighted by Gasteiger charge is 2.25. The van der Waals surface area contributed by atoms with Crippen LogP contribution in [0.4, 0.5) is 4.79 Å². The fourth-order valence-corrected chi connectivity index (χ4v) is 3.28. The Labute approximate surface area is 192 Å². The van der Waals surface area contributed by atoms with Gasteiger partial charge in [0, 0.05) is 12.6 Å². The van der Waals surface area contributed by atoms with Crippen LogP contribution in [0.3, 0.4) is 0 Å². The van der Waals surface area contributed by atoms with Gasteiger partial charge in [0.25, 0.3) is 0 Å². The number of hydrogen-bond acceptors (Lipinski definition) is 7. The molecule has 0 fully saturated rings. The number of fused-ring (bicyclic) bond motifs is 1. The second kappa shape index (κ2) is 11.3. The molecule has 2 heterocycles. The van der Waals surface area contributed by atoms with Crippen LogP contribution in [-0.4, -0.2) is 60.2 Å². The summed E-state index contributed by atoms with van der Waals surface area (Å²) in [6, 6.07) is 8.24. The van der Waals surface area contributed by atoms with Gasteiger partial charge in [-0.15, -0.1) is 0 Å². The lowest BCUT2D eigenvalue weighted by atomic mass is 10.1. The maximum Gasteiger partial charge on any atom is 0.325 e. The summed E-state index contributed by atoms with van der Waals surface area (Å²) in [4.78, 5) is 40.5. The van der Waals surface area contributed by atoms with Gasteiger partial charge in [0.15, 0.2) is 11.5 Å². The number of benzene rings is 1. The van der Waals surface area contributed by atoms with Crippen LogP contribution in [0.1, 0.15) is 32.1 Å². The number of furan rings is 1. The van der Waals surface area contributed by atoms with Gasteiger partial charge in [0.1, 0.15) is 18.8 Å². The summed E-state index contributed by atoms with van der Waals surface area (Å²) < 4.78 is 21.0. The van der Waals surface area contributed by atoms with Crippen molar-refractivity contribution in [2.75, 3.05) is 26.5 Å². The summed E-state index contributed by atoms with van der Waals surface area (Å²) in [7, 11) is 0. The Morgan fingerprint density at radius 1 is 1.12 bits per heavy atom. The third kappa shape index (κ3) is 6.64. The number of amides is 3. The topological polar surface area (TPSA) is 111 Å². The highest BCUT2D eigenvalue weighted by Crippen LogP contribution is 2.33. The van der Waals surface area contributed by atoms with Crippen molar-refractivity contribution < 1.29 is 33.0 Å². The zero-order valence-corrected chi connectivity index (χ0v) is 19.0. The molecule has 1 aliphatic rings. The molecule has 0 atom stereocenters. The molecule has 1 aliphatic heterocycles. The van der Waals surface area contributed by atoms with Gasteiger partial charge >= 0.3 is 12.0 Å². The minimum absolute atomic E-state index is 0.165. The number of urea groups is 1. The first kappa shape index (κ1) is 24.0. The van der Waals surface area contributed by atoms with Crippen molar-refractivity contribution >= 4 is 17.9 Å². The monoisotopic (exact) mass is 459 g/mol. The molecule has 0 radical (unpaired) electrons. The van der Waals surface area contributed by atoms with E-state index in [2.05, 4.69) is 5.32 Å². The second-order valence-electron chi connectivity index (χ2n) is 7.70. The largest absolute Gasteiger partial charge is 0.467 e. The van der Waals surface area contributed by atoms with Crippen LogP contribution in [-0.2, 0) is 27.4 Å². The van der Waals surface area contributed by atoms with E-state index in [9.17, 15) is 14.4 Å². The van der Waals surface area contributed by atoms with Crippen molar-refractivity contribution in [2.24, 2.45) is 0 Å². The van der Waals surface area contributed by atoms with Crippen LogP contribution in [0.2, 0.25) is 0 Å². The molecule has 33 heavy (non-hydrogen) atoms. The van der Waals surface area contributed by atoms with Crippen LogP contribution in [0.5, 0.6) is 11.5 Å². The summed E-state index contributed by atoms with van der Waals surface area (Å²) in [5.41, 5.74) is 0.849. The molecular formula is C23H29N3O7. The number of carbonyl (C=O) groups excluding carboxylic acids is 3. The van der Waals surface area contributed by atoms with Gasteiger partial charge in [-0.3, -0.25) is 9.59 Å². The van der Waals surface area contributed by atoms with Crippen molar-refractivity contribution in [3.05, 3.63) is 47.9 Å². The van der Waals surface area contributed by atoms with E-state index in [1.807, 2.05) is 12.1 Å². The highest BCUT2D eigenvalue weighted by molar-refractivity contribution is 5.86. The van der Waals surface area contributed by atoms with Crippen molar-refractivity contribution in [2.45, 2.75) is 39.9 Å². The Morgan fingerprint density at radius 3 is 2.61 bits per heavy atom. The number of hydrogen-bond donors (Lipinski definition) is 1. The molecule has 0 bridgehead atoms. The van der Waals surface area contributed by atoms with E-state index in [0.29, 0.717) is 17.3 Å². The molecule has 0 unspecified atom stereocenters. The van der Waals surface area contributed by atoms with E-state index < -0.39 is 12.0 Å². The van der Waals surface area contributed by atoms with Crippen LogP contribution in [0, 0.1) is 0 Å². The fraction of sp³-hybridized carbons (Fsp3) is 0.435. The average Bonchev–Trinajstić information content (AvgIpc) is 3.46. The summed E-state index contributed by atoms with van der Waals surface area (Å²) in [5, 5.41) is 2.51. The van der Waals surface area contributed by atoms with E-state index in [1.54, 1.807) is 50.1 Å². The molecule has 1 aromatic carbocycles. The molecule has 0 aliphatic carbocycles. The molecule has 2 aromatic rings. The number of carbonyl (C=O) groups is 3. The Kier molecular flexibility index (Phi) is 8.17. The van der Waals surface area contributed by atoms with Crippen molar-refractivity contribution in [3.8, 4) is 11.5 Å². The average molecular weight is 459 g/mol. The lowest BCUT2D eigenvalue weighted by Crippen LogP contribution is -2.50. The minimum Gasteiger partial charge on any atom is -0.467 e. The summed E-state index contributed by atoms with van der Waals surface area (Å²) in [5.74, 6) is 1.09. The molecule has 0 spiro atoms. The quantitative estimate of drug-likeness (QED) is 0.544. The van der Waals surface area contributed by atoms with E-state index in [1.165, 1.54) is 4.90 Å². The molecular weight excluding hydrogens is 430 g/mol. The van der Waals surface area contributed by atoms with E-state index in [0.717, 1.165) is 5.56 Å². The predicted octanol–water partition coefficient (Wildman–Crippen LogP) is 2.52. The molecule has 0 saturated carbocycles. The first-order valence-electron chi connectivity index (χ1n) is 10.8. The molecule has 178 valence electrons. The molecule has 1 N–H and O–H groups in total. The van der Waals surface area contributed by atoms with Crippen molar-refractivity contribution in [3.63, 3.8) is 0 Å². The summed E-state index contributed by atoms with van der Waals surface area (Å²) >= 11 is 0. The summed E-state index contributed by atoms with van der Waals surface area (Å²) in [6.07, 6.45) is 1.54. The van der Waals surface area contributed by atoms with Crippen LogP contribution in [0.25, 0.3) is 0 Å². The van der Waals surface area contributed by atoms with E-state index in [4.69, 9.17) is 18.6 Å².